The van der Waals surface area contributed by atoms with Crippen LogP contribution in [-0.4, -0.2) is 17.0 Å². The molecule has 0 radical (unpaired) electrons. The average Bonchev–Trinajstić information content (AvgIpc) is 2.48. The first-order chi connectivity index (χ1) is 10.5. The molecular weight excluding hydrogens is 276 g/mol. The van der Waals surface area contributed by atoms with Crippen LogP contribution in [0.1, 0.15) is 30.5 Å². The summed E-state index contributed by atoms with van der Waals surface area (Å²) in [4.78, 5) is 16.1. The van der Waals surface area contributed by atoms with Gasteiger partial charge >= 0.3 is 0 Å². The second-order valence-electron chi connectivity index (χ2n) is 5.61. The quantitative estimate of drug-likeness (QED) is 0.892. The van der Waals surface area contributed by atoms with Crippen molar-refractivity contribution >= 4 is 5.91 Å². The van der Waals surface area contributed by atoms with Gasteiger partial charge in [0.25, 0.3) is 0 Å². The maximum absolute atomic E-state index is 11.9. The minimum absolute atomic E-state index is 0.00589. The summed E-state index contributed by atoms with van der Waals surface area (Å²) in [6.45, 7) is 6.42. The van der Waals surface area contributed by atoms with Crippen molar-refractivity contribution in [3.8, 4) is 5.88 Å². The molecule has 0 spiro atoms. The van der Waals surface area contributed by atoms with Crippen LogP contribution in [-0.2, 0) is 17.8 Å². The Balaban J connectivity index is 1.81. The minimum Gasteiger partial charge on any atom is -0.475 e. The van der Waals surface area contributed by atoms with E-state index in [1.807, 2.05) is 57.2 Å². The van der Waals surface area contributed by atoms with Gasteiger partial charge in [-0.15, -0.1) is 0 Å². The molecule has 1 aromatic carbocycles. The lowest BCUT2D eigenvalue weighted by atomic mass is 10.1. The smallest absolute Gasteiger partial charge is 0.224 e. The first-order valence-electron chi connectivity index (χ1n) is 7.47. The zero-order chi connectivity index (χ0) is 15.9. The Bertz CT molecular complexity index is 604. The summed E-state index contributed by atoms with van der Waals surface area (Å²) >= 11 is 0. The van der Waals surface area contributed by atoms with Crippen molar-refractivity contribution in [3.05, 3.63) is 59.3 Å². The van der Waals surface area contributed by atoms with E-state index in [4.69, 9.17) is 4.74 Å². The van der Waals surface area contributed by atoms with Crippen LogP contribution >= 0.6 is 0 Å². The fourth-order valence-electron chi connectivity index (χ4n) is 1.98. The Morgan fingerprint density at radius 1 is 1.14 bits per heavy atom. The Labute approximate surface area is 131 Å². The van der Waals surface area contributed by atoms with Crippen molar-refractivity contribution in [3.63, 3.8) is 0 Å². The van der Waals surface area contributed by atoms with Crippen molar-refractivity contribution in [1.29, 1.82) is 0 Å². The zero-order valence-electron chi connectivity index (χ0n) is 13.3. The summed E-state index contributed by atoms with van der Waals surface area (Å²) in [5, 5.41) is 2.90. The third kappa shape index (κ3) is 5.20. The van der Waals surface area contributed by atoms with Gasteiger partial charge in [0.2, 0.25) is 11.8 Å². The van der Waals surface area contributed by atoms with Crippen molar-refractivity contribution < 1.29 is 9.53 Å². The lowest BCUT2D eigenvalue weighted by Crippen LogP contribution is -2.24. The van der Waals surface area contributed by atoms with Gasteiger partial charge in [-0.05, 0) is 31.9 Å². The average molecular weight is 298 g/mol. The number of nitrogens with zero attached hydrogens (tertiary/aromatic N) is 1. The number of carbonyl (C=O) groups is 1. The summed E-state index contributed by atoms with van der Waals surface area (Å²) in [6.07, 6.45) is 2.22. The molecule has 2 aromatic rings. The largest absolute Gasteiger partial charge is 0.475 e. The summed E-state index contributed by atoms with van der Waals surface area (Å²) in [7, 11) is 0. The zero-order valence-corrected chi connectivity index (χ0v) is 13.3. The molecular formula is C18H22N2O2. The van der Waals surface area contributed by atoms with E-state index in [1.54, 1.807) is 6.20 Å². The molecule has 2 rings (SSSR count). The molecule has 1 N–H and O–H groups in total. The summed E-state index contributed by atoms with van der Waals surface area (Å²) < 4.78 is 5.48. The van der Waals surface area contributed by atoms with E-state index < -0.39 is 0 Å². The number of hydrogen-bond donors (Lipinski definition) is 1. The Hall–Kier alpha value is -2.36. The first kappa shape index (κ1) is 16.0. The van der Waals surface area contributed by atoms with Gasteiger partial charge in [-0.3, -0.25) is 4.79 Å². The molecule has 116 valence electrons. The SMILES string of the molecule is Cc1ccc(CC(=O)NCc2ccc(OC(C)C)nc2)cc1. The van der Waals surface area contributed by atoms with E-state index in [2.05, 4.69) is 10.3 Å². The third-order valence-corrected chi connectivity index (χ3v) is 3.13. The molecule has 0 fully saturated rings. The van der Waals surface area contributed by atoms with Crippen LogP contribution < -0.4 is 10.1 Å². The molecule has 0 atom stereocenters. The molecule has 0 saturated carbocycles. The second kappa shape index (κ2) is 7.59. The van der Waals surface area contributed by atoms with Gasteiger partial charge in [0, 0.05) is 18.8 Å². The molecule has 4 heteroatoms. The fourth-order valence-corrected chi connectivity index (χ4v) is 1.98. The molecule has 0 aliphatic carbocycles. The molecule has 0 unspecified atom stereocenters. The maximum Gasteiger partial charge on any atom is 0.224 e. The number of amides is 1. The highest BCUT2D eigenvalue weighted by Crippen LogP contribution is 2.09. The predicted molar refractivity (Wildman–Crippen MR) is 86.7 cm³/mol. The van der Waals surface area contributed by atoms with Gasteiger partial charge in [0.15, 0.2) is 0 Å². The van der Waals surface area contributed by atoms with Gasteiger partial charge in [-0.1, -0.05) is 35.9 Å². The monoisotopic (exact) mass is 298 g/mol. The number of rotatable bonds is 6. The maximum atomic E-state index is 11.9. The highest BCUT2D eigenvalue weighted by Gasteiger charge is 2.04. The molecule has 22 heavy (non-hydrogen) atoms. The van der Waals surface area contributed by atoms with Crippen LogP contribution in [0, 0.1) is 6.92 Å². The van der Waals surface area contributed by atoms with Gasteiger partial charge in [0.05, 0.1) is 12.5 Å². The van der Waals surface area contributed by atoms with E-state index in [0.717, 1.165) is 11.1 Å². The molecule has 0 saturated heterocycles. The molecule has 1 aromatic heterocycles. The predicted octanol–water partition coefficient (Wildman–Crippen LogP) is 3.04. The normalized spacial score (nSPS) is 10.5. The van der Waals surface area contributed by atoms with Crippen LogP contribution in [0.2, 0.25) is 0 Å². The van der Waals surface area contributed by atoms with Crippen LogP contribution in [0.15, 0.2) is 42.6 Å². The van der Waals surface area contributed by atoms with Crippen LogP contribution in [0.3, 0.4) is 0 Å². The molecule has 0 bridgehead atoms. The second-order valence-corrected chi connectivity index (χ2v) is 5.61. The molecule has 0 aliphatic rings. The summed E-state index contributed by atoms with van der Waals surface area (Å²) in [5.41, 5.74) is 3.16. The highest BCUT2D eigenvalue weighted by molar-refractivity contribution is 5.78. The van der Waals surface area contributed by atoms with E-state index in [0.29, 0.717) is 18.8 Å². The van der Waals surface area contributed by atoms with Gasteiger partial charge in [0.1, 0.15) is 0 Å². The topological polar surface area (TPSA) is 51.2 Å². The minimum atomic E-state index is 0.00589. The van der Waals surface area contributed by atoms with E-state index in [-0.39, 0.29) is 12.0 Å². The Morgan fingerprint density at radius 2 is 1.82 bits per heavy atom. The van der Waals surface area contributed by atoms with Crippen LogP contribution in [0.25, 0.3) is 0 Å². The highest BCUT2D eigenvalue weighted by atomic mass is 16.5. The van der Waals surface area contributed by atoms with Crippen molar-refractivity contribution in [2.75, 3.05) is 0 Å². The number of pyridine rings is 1. The van der Waals surface area contributed by atoms with Gasteiger partial charge < -0.3 is 10.1 Å². The van der Waals surface area contributed by atoms with Crippen molar-refractivity contribution in [2.24, 2.45) is 0 Å². The van der Waals surface area contributed by atoms with Crippen LogP contribution in [0.5, 0.6) is 5.88 Å². The van der Waals surface area contributed by atoms with Crippen LogP contribution in [0.4, 0.5) is 0 Å². The van der Waals surface area contributed by atoms with Crippen molar-refractivity contribution in [2.45, 2.75) is 39.8 Å². The third-order valence-electron chi connectivity index (χ3n) is 3.13. The lowest BCUT2D eigenvalue weighted by molar-refractivity contribution is -0.120. The lowest BCUT2D eigenvalue weighted by Gasteiger charge is -2.09. The number of benzene rings is 1. The number of aromatic nitrogens is 1. The summed E-state index contributed by atoms with van der Waals surface area (Å²) in [5.74, 6) is 0.607. The number of nitrogens with one attached hydrogen (secondary N) is 1. The Morgan fingerprint density at radius 3 is 2.41 bits per heavy atom. The van der Waals surface area contributed by atoms with E-state index >= 15 is 0 Å². The molecule has 0 aliphatic heterocycles. The van der Waals surface area contributed by atoms with Gasteiger partial charge in [-0.2, -0.15) is 0 Å². The number of ether oxygens (including phenoxy) is 1. The van der Waals surface area contributed by atoms with E-state index in [1.165, 1.54) is 5.56 Å². The molecule has 1 amide bonds. The number of hydrogen-bond acceptors (Lipinski definition) is 3. The standard InChI is InChI=1S/C18H22N2O2/c1-13(2)22-18-9-8-16(12-20-18)11-19-17(21)10-15-6-4-14(3)5-7-15/h4-9,12-13H,10-11H2,1-3H3,(H,19,21). The fraction of sp³-hybridized carbons (Fsp3) is 0.333. The Kier molecular flexibility index (Phi) is 5.53. The summed E-state index contributed by atoms with van der Waals surface area (Å²) in [6, 6.07) is 11.7. The molecule has 4 nitrogen and oxygen atoms in total. The number of aryl methyl sites for hydroxylation is 1. The van der Waals surface area contributed by atoms with Gasteiger partial charge in [-0.25, -0.2) is 4.98 Å². The first-order valence-corrected chi connectivity index (χ1v) is 7.47. The number of carbonyl (C=O) groups excluding carboxylic acids is 1. The van der Waals surface area contributed by atoms with E-state index in [9.17, 15) is 4.79 Å². The molecule has 1 heterocycles. The van der Waals surface area contributed by atoms with Crippen molar-refractivity contribution in [1.82, 2.24) is 10.3 Å².